The number of nitrogens with one attached hydrogen (secondary N) is 2. The fourth-order valence-corrected chi connectivity index (χ4v) is 4.34. The lowest BCUT2D eigenvalue weighted by atomic mass is 10.1. The minimum atomic E-state index is 0.353. The van der Waals surface area contributed by atoms with Gasteiger partial charge in [0.15, 0.2) is 17.0 Å². The first-order valence-electron chi connectivity index (χ1n) is 12.7. The van der Waals surface area contributed by atoms with E-state index in [0.29, 0.717) is 40.8 Å². The van der Waals surface area contributed by atoms with Crippen LogP contribution in [0.15, 0.2) is 73.1 Å². The molecule has 0 radical (unpaired) electrons. The maximum absolute atomic E-state index is 9.15. The molecule has 202 valence electrons. The lowest BCUT2D eigenvalue weighted by Gasteiger charge is -2.16. The number of fused-ring (bicyclic) bond motifs is 1. The van der Waals surface area contributed by atoms with Gasteiger partial charge in [0, 0.05) is 11.8 Å². The molecule has 2 N–H and O–H groups in total. The second kappa shape index (κ2) is 11.9. The number of ether oxygens (including phenoxy) is 2. The van der Waals surface area contributed by atoms with Gasteiger partial charge in [-0.25, -0.2) is 4.98 Å². The highest BCUT2D eigenvalue weighted by atomic mass is 16.5. The van der Waals surface area contributed by atoms with Crippen LogP contribution in [-0.2, 0) is 6.54 Å². The summed E-state index contributed by atoms with van der Waals surface area (Å²) in [6, 6.07) is 22.8. The molecular weight excluding hydrogens is 516 g/mol. The third-order valence-corrected chi connectivity index (χ3v) is 6.38. The molecule has 0 fully saturated rings. The van der Waals surface area contributed by atoms with E-state index < -0.39 is 0 Å². The highest BCUT2D eigenvalue weighted by molar-refractivity contribution is 5.88. The van der Waals surface area contributed by atoms with Gasteiger partial charge < -0.3 is 24.7 Å². The van der Waals surface area contributed by atoms with E-state index in [1.54, 1.807) is 50.9 Å². The zero-order chi connectivity index (χ0) is 28.8. The molecule has 0 saturated carbocycles. The highest BCUT2D eigenvalue weighted by Crippen LogP contribution is 2.35. The molecule has 0 aliphatic heterocycles. The molecule has 2 heterocycles. The quantitative estimate of drug-likeness (QED) is 0.212. The Morgan fingerprint density at radius 2 is 1.73 bits per heavy atom. The molecule has 3 aromatic carbocycles. The third kappa shape index (κ3) is 5.92. The number of aryl methyl sites for hydroxylation is 1. The Labute approximate surface area is 237 Å². The summed E-state index contributed by atoms with van der Waals surface area (Å²) < 4.78 is 12.9. The Balaban J connectivity index is 1.58. The molecular formula is C31H26N8O2. The van der Waals surface area contributed by atoms with Crippen LogP contribution >= 0.6 is 0 Å². The Morgan fingerprint density at radius 3 is 2.41 bits per heavy atom. The van der Waals surface area contributed by atoms with Crippen LogP contribution in [0.2, 0.25) is 0 Å². The van der Waals surface area contributed by atoms with E-state index in [-0.39, 0.29) is 0 Å². The molecule has 0 amide bonds. The molecule has 0 saturated heterocycles. The van der Waals surface area contributed by atoms with E-state index in [0.717, 1.165) is 33.8 Å². The average molecular weight is 543 g/mol. The summed E-state index contributed by atoms with van der Waals surface area (Å²) >= 11 is 0. The summed E-state index contributed by atoms with van der Waals surface area (Å²) in [5.41, 5.74) is 6.01. The van der Waals surface area contributed by atoms with Gasteiger partial charge >= 0.3 is 0 Å². The van der Waals surface area contributed by atoms with Crippen LogP contribution in [0.1, 0.15) is 22.3 Å². The van der Waals surface area contributed by atoms with Crippen LogP contribution in [-0.4, -0.2) is 33.7 Å². The first-order valence-corrected chi connectivity index (χ1v) is 12.7. The number of aromatic nitrogens is 4. The van der Waals surface area contributed by atoms with Gasteiger partial charge in [-0.15, -0.1) is 0 Å². The van der Waals surface area contributed by atoms with Crippen LogP contribution in [0.5, 0.6) is 11.5 Å². The van der Waals surface area contributed by atoms with Gasteiger partial charge in [0.2, 0.25) is 5.95 Å². The van der Waals surface area contributed by atoms with Gasteiger partial charge in [-0.05, 0) is 78.2 Å². The second-order valence-electron chi connectivity index (χ2n) is 9.11. The number of hydrogen-bond acceptors (Lipinski definition) is 9. The van der Waals surface area contributed by atoms with Crippen LogP contribution in [0.4, 0.5) is 23.1 Å². The fraction of sp³-hybridized carbons (Fsp3) is 0.129. The first-order chi connectivity index (χ1) is 20.0. The Kier molecular flexibility index (Phi) is 7.75. The number of benzene rings is 3. The van der Waals surface area contributed by atoms with Crippen LogP contribution < -0.4 is 20.1 Å². The molecule has 0 spiro atoms. The summed E-state index contributed by atoms with van der Waals surface area (Å²) in [5, 5.41) is 24.7. The summed E-state index contributed by atoms with van der Waals surface area (Å²) in [7, 11) is 3.23. The molecule has 0 atom stereocenters. The van der Waals surface area contributed by atoms with E-state index in [1.807, 2.05) is 54.0 Å². The summed E-state index contributed by atoms with van der Waals surface area (Å²) in [4.78, 5) is 14.2. The number of hydrogen-bond donors (Lipinski definition) is 2. The topological polar surface area (TPSA) is 134 Å². The number of methoxy groups -OCH3 is 2. The van der Waals surface area contributed by atoms with Crippen molar-refractivity contribution in [3.8, 4) is 23.6 Å². The molecule has 0 bridgehead atoms. The molecule has 5 rings (SSSR count). The SMILES string of the molecule is COc1ccc(Cn2cnc3c(Nc4c(C)cc(C=CC#N)cc4OC)nc(Nc4ccc(C#N)cc4)nc32)cc1. The Bertz CT molecular complexity index is 1810. The summed E-state index contributed by atoms with van der Waals surface area (Å²) in [6.45, 7) is 2.49. The van der Waals surface area contributed by atoms with Crippen molar-refractivity contribution in [1.82, 2.24) is 19.5 Å². The standard InChI is InChI=1S/C31H26N8O2/c1-20-15-23(5-4-14-32)16-26(41-3)27(20)36-29-28-30(38-31(37-29)35-24-10-6-21(17-33)7-11-24)39(19-34-28)18-22-8-12-25(40-2)13-9-22/h4-13,15-16,19H,18H2,1-3H3,(H2,35,36,37,38). The van der Waals surface area contributed by atoms with Gasteiger partial charge in [0.25, 0.3) is 0 Å². The smallest absolute Gasteiger partial charge is 0.231 e. The number of anilines is 4. The summed E-state index contributed by atoms with van der Waals surface area (Å²) in [6.07, 6.45) is 4.88. The average Bonchev–Trinajstić information content (AvgIpc) is 3.40. The number of nitrogens with zero attached hydrogens (tertiary/aromatic N) is 6. The highest BCUT2D eigenvalue weighted by Gasteiger charge is 2.17. The fourth-order valence-electron chi connectivity index (χ4n) is 4.34. The van der Waals surface area contributed by atoms with Gasteiger partial charge in [0.1, 0.15) is 11.5 Å². The maximum atomic E-state index is 9.15. The van der Waals surface area contributed by atoms with Crippen molar-refractivity contribution >= 4 is 40.4 Å². The van der Waals surface area contributed by atoms with E-state index in [1.165, 1.54) is 6.08 Å². The zero-order valence-corrected chi connectivity index (χ0v) is 22.7. The molecule has 2 aromatic heterocycles. The van der Waals surface area contributed by atoms with Crippen molar-refractivity contribution in [2.45, 2.75) is 13.5 Å². The van der Waals surface area contributed by atoms with E-state index in [2.05, 4.69) is 21.7 Å². The molecule has 41 heavy (non-hydrogen) atoms. The lowest BCUT2D eigenvalue weighted by Crippen LogP contribution is -2.06. The molecule has 10 heteroatoms. The zero-order valence-electron chi connectivity index (χ0n) is 22.7. The molecule has 5 aromatic rings. The normalized spacial score (nSPS) is 10.8. The van der Waals surface area contributed by atoms with Gasteiger partial charge in [0.05, 0.1) is 50.5 Å². The minimum Gasteiger partial charge on any atom is -0.497 e. The van der Waals surface area contributed by atoms with Crippen LogP contribution in [0.25, 0.3) is 17.2 Å². The third-order valence-electron chi connectivity index (χ3n) is 6.38. The monoisotopic (exact) mass is 542 g/mol. The molecule has 0 aliphatic carbocycles. The Hall–Kier alpha value is -5.87. The van der Waals surface area contributed by atoms with Gasteiger partial charge in [-0.2, -0.15) is 20.5 Å². The number of imidazole rings is 1. The molecule has 0 aliphatic rings. The first kappa shape index (κ1) is 26.7. The van der Waals surface area contributed by atoms with Crippen LogP contribution in [0, 0.1) is 29.6 Å². The number of nitriles is 2. The molecule has 0 unspecified atom stereocenters. The van der Waals surface area contributed by atoms with Gasteiger partial charge in [-0.3, -0.25) is 0 Å². The van der Waals surface area contributed by atoms with E-state index in [9.17, 15) is 0 Å². The van der Waals surface area contributed by atoms with E-state index in [4.69, 9.17) is 30.0 Å². The van der Waals surface area contributed by atoms with Crippen molar-refractivity contribution in [1.29, 1.82) is 10.5 Å². The van der Waals surface area contributed by atoms with Crippen molar-refractivity contribution in [3.05, 3.63) is 95.3 Å². The number of rotatable bonds is 9. The van der Waals surface area contributed by atoms with Crippen molar-refractivity contribution in [3.63, 3.8) is 0 Å². The summed E-state index contributed by atoms with van der Waals surface area (Å²) in [5.74, 6) is 2.21. The number of allylic oxidation sites excluding steroid dienone is 1. The largest absolute Gasteiger partial charge is 0.497 e. The minimum absolute atomic E-state index is 0.353. The van der Waals surface area contributed by atoms with E-state index >= 15 is 0 Å². The van der Waals surface area contributed by atoms with Crippen molar-refractivity contribution in [2.24, 2.45) is 0 Å². The lowest BCUT2D eigenvalue weighted by molar-refractivity contribution is 0.414. The van der Waals surface area contributed by atoms with Crippen molar-refractivity contribution in [2.75, 3.05) is 24.9 Å². The van der Waals surface area contributed by atoms with Crippen LogP contribution in [0.3, 0.4) is 0 Å². The predicted molar refractivity (Wildman–Crippen MR) is 158 cm³/mol. The van der Waals surface area contributed by atoms with Gasteiger partial charge in [-0.1, -0.05) is 12.1 Å². The van der Waals surface area contributed by atoms with Crippen molar-refractivity contribution < 1.29 is 9.47 Å². The maximum Gasteiger partial charge on any atom is 0.231 e. The Morgan fingerprint density at radius 1 is 0.951 bits per heavy atom. The second-order valence-corrected chi connectivity index (χ2v) is 9.11. The predicted octanol–water partition coefficient (Wildman–Crippen LogP) is 6.10. The molecule has 10 nitrogen and oxygen atoms in total.